The second kappa shape index (κ2) is 3.00. The molecule has 0 aromatic carbocycles. The van der Waals surface area contributed by atoms with Gasteiger partial charge in [-0.2, -0.15) is 0 Å². The summed E-state index contributed by atoms with van der Waals surface area (Å²) < 4.78 is 0. The van der Waals surface area contributed by atoms with Crippen molar-refractivity contribution in [2.24, 2.45) is 5.92 Å². The van der Waals surface area contributed by atoms with Gasteiger partial charge in [0, 0.05) is 12.3 Å². The largest absolute Gasteiger partial charge is 0.299 e. The van der Waals surface area contributed by atoms with E-state index in [9.17, 15) is 4.79 Å². The van der Waals surface area contributed by atoms with E-state index in [2.05, 4.69) is 0 Å². The average Bonchev–Trinajstić information content (AvgIpc) is 1.99. The Kier molecular flexibility index (Phi) is 2.26. The first-order chi connectivity index (χ1) is 4.30. The van der Waals surface area contributed by atoms with Crippen molar-refractivity contribution in [1.82, 2.24) is 0 Å². The van der Waals surface area contributed by atoms with Crippen LogP contribution in [0.1, 0.15) is 39.0 Å². The van der Waals surface area contributed by atoms with Crippen LogP contribution in [0, 0.1) is 5.92 Å². The molecule has 1 saturated carbocycles. The molecule has 1 aliphatic rings. The van der Waals surface area contributed by atoms with Gasteiger partial charge in [0.25, 0.3) is 0 Å². The molecule has 0 aliphatic heterocycles. The molecule has 9 heavy (non-hydrogen) atoms. The first kappa shape index (κ1) is 6.79. The van der Waals surface area contributed by atoms with E-state index in [4.69, 9.17) is 0 Å². The van der Waals surface area contributed by atoms with Crippen molar-refractivity contribution in [1.29, 1.82) is 0 Å². The summed E-state index contributed by atoms with van der Waals surface area (Å²) in [7, 11) is 0. The van der Waals surface area contributed by atoms with Gasteiger partial charge < -0.3 is 0 Å². The molecule has 1 atom stereocenters. The highest BCUT2D eigenvalue weighted by Crippen LogP contribution is 2.18. The lowest BCUT2D eigenvalue weighted by Crippen LogP contribution is -2.06. The van der Waals surface area contributed by atoms with Crippen LogP contribution in [0.25, 0.3) is 0 Å². The quantitative estimate of drug-likeness (QED) is 0.454. The molecule has 0 heterocycles. The van der Waals surface area contributed by atoms with Gasteiger partial charge in [0.05, 0.1) is 0 Å². The SMILES string of the molecule is C[C@H]1CCCCCC1=O. The van der Waals surface area contributed by atoms with Crippen LogP contribution in [-0.4, -0.2) is 5.78 Å². The van der Waals surface area contributed by atoms with Crippen LogP contribution in [0.3, 0.4) is 0 Å². The molecule has 0 aromatic rings. The van der Waals surface area contributed by atoms with Crippen LogP contribution < -0.4 is 0 Å². The van der Waals surface area contributed by atoms with Gasteiger partial charge in [-0.05, 0) is 12.8 Å². The van der Waals surface area contributed by atoms with E-state index < -0.39 is 0 Å². The Morgan fingerprint density at radius 2 is 2.11 bits per heavy atom. The van der Waals surface area contributed by atoms with Crippen LogP contribution in [0.2, 0.25) is 0 Å². The predicted molar refractivity (Wildman–Crippen MR) is 37.3 cm³/mol. The molecule has 1 heteroatoms. The third kappa shape index (κ3) is 1.81. The summed E-state index contributed by atoms with van der Waals surface area (Å²) in [4.78, 5) is 11.0. The molecular weight excluding hydrogens is 112 g/mol. The Hall–Kier alpha value is -0.330. The van der Waals surface area contributed by atoms with Gasteiger partial charge in [-0.25, -0.2) is 0 Å². The average molecular weight is 126 g/mol. The summed E-state index contributed by atoms with van der Waals surface area (Å²) in [5, 5.41) is 0. The van der Waals surface area contributed by atoms with Crippen molar-refractivity contribution in [2.45, 2.75) is 39.0 Å². The van der Waals surface area contributed by atoms with E-state index in [0.717, 1.165) is 19.3 Å². The summed E-state index contributed by atoms with van der Waals surface area (Å²) in [5.74, 6) is 0.833. The molecule has 1 nitrogen and oxygen atoms in total. The number of hydrogen-bond donors (Lipinski definition) is 0. The molecule has 1 rings (SSSR count). The molecule has 1 aliphatic carbocycles. The molecule has 52 valence electrons. The number of carbonyl (C=O) groups is 1. The first-order valence-corrected chi connectivity index (χ1v) is 3.83. The molecule has 0 radical (unpaired) electrons. The summed E-state index contributed by atoms with van der Waals surface area (Å²) in [6.07, 6.45) is 5.60. The third-order valence-electron chi connectivity index (χ3n) is 2.11. The third-order valence-corrected chi connectivity index (χ3v) is 2.11. The van der Waals surface area contributed by atoms with Gasteiger partial charge in [0.2, 0.25) is 0 Å². The topological polar surface area (TPSA) is 17.1 Å². The Bertz CT molecular complexity index is 107. The van der Waals surface area contributed by atoms with Gasteiger partial charge in [-0.3, -0.25) is 4.79 Å². The van der Waals surface area contributed by atoms with Crippen molar-refractivity contribution in [3.63, 3.8) is 0 Å². The molecule has 0 amide bonds. The van der Waals surface area contributed by atoms with E-state index in [0.29, 0.717) is 11.7 Å². The number of ketones is 1. The zero-order valence-corrected chi connectivity index (χ0v) is 6.02. The summed E-state index contributed by atoms with van der Waals surface area (Å²) >= 11 is 0. The maximum atomic E-state index is 11.0. The van der Waals surface area contributed by atoms with Crippen LogP contribution >= 0.6 is 0 Å². The maximum absolute atomic E-state index is 11.0. The highest BCUT2D eigenvalue weighted by molar-refractivity contribution is 5.80. The smallest absolute Gasteiger partial charge is 0.135 e. The van der Waals surface area contributed by atoms with Gasteiger partial charge in [0.15, 0.2) is 0 Å². The number of Topliss-reactive ketones (excluding diaryl/α,β-unsaturated/α-hetero) is 1. The highest BCUT2D eigenvalue weighted by Gasteiger charge is 2.14. The molecule has 1 fully saturated rings. The molecule has 0 bridgehead atoms. The van der Waals surface area contributed by atoms with E-state index in [1.807, 2.05) is 6.92 Å². The van der Waals surface area contributed by atoms with Gasteiger partial charge >= 0.3 is 0 Å². The predicted octanol–water partition coefficient (Wildman–Crippen LogP) is 2.16. The van der Waals surface area contributed by atoms with Crippen LogP contribution in [0.15, 0.2) is 0 Å². The van der Waals surface area contributed by atoms with Crippen molar-refractivity contribution >= 4 is 5.78 Å². The second-order valence-electron chi connectivity index (χ2n) is 2.97. The second-order valence-corrected chi connectivity index (χ2v) is 2.97. The standard InChI is InChI=1S/C8H14O/c1-7-5-3-2-4-6-8(7)9/h7H,2-6H2,1H3/t7-/m0/s1. The lowest BCUT2D eigenvalue weighted by molar-refractivity contribution is -0.122. The Morgan fingerprint density at radius 3 is 2.89 bits per heavy atom. The van der Waals surface area contributed by atoms with E-state index in [1.54, 1.807) is 0 Å². The Labute approximate surface area is 56.4 Å². The highest BCUT2D eigenvalue weighted by atomic mass is 16.1. The van der Waals surface area contributed by atoms with Crippen molar-refractivity contribution in [3.05, 3.63) is 0 Å². The fourth-order valence-corrected chi connectivity index (χ4v) is 1.33. The molecular formula is C8H14O. The minimum absolute atomic E-state index is 0.354. The van der Waals surface area contributed by atoms with Gasteiger partial charge in [-0.15, -0.1) is 0 Å². The number of rotatable bonds is 0. The van der Waals surface area contributed by atoms with E-state index >= 15 is 0 Å². The summed E-state index contributed by atoms with van der Waals surface area (Å²) in [5.41, 5.74) is 0. The van der Waals surface area contributed by atoms with Crippen LogP contribution in [-0.2, 0) is 4.79 Å². The minimum Gasteiger partial charge on any atom is -0.299 e. The molecule has 0 unspecified atom stereocenters. The Balaban J connectivity index is 2.41. The van der Waals surface area contributed by atoms with Crippen molar-refractivity contribution in [2.75, 3.05) is 0 Å². The fourth-order valence-electron chi connectivity index (χ4n) is 1.33. The van der Waals surface area contributed by atoms with Crippen molar-refractivity contribution in [3.8, 4) is 0 Å². The monoisotopic (exact) mass is 126 g/mol. The summed E-state index contributed by atoms with van der Waals surface area (Å²) in [6.45, 7) is 2.05. The maximum Gasteiger partial charge on any atom is 0.135 e. The Morgan fingerprint density at radius 1 is 1.33 bits per heavy atom. The molecule has 0 spiro atoms. The minimum atomic E-state index is 0.354. The fraction of sp³-hybridized carbons (Fsp3) is 0.875. The van der Waals surface area contributed by atoms with E-state index in [1.165, 1.54) is 12.8 Å². The lowest BCUT2D eigenvalue weighted by atomic mass is 10.0. The normalized spacial score (nSPS) is 29.9. The van der Waals surface area contributed by atoms with Gasteiger partial charge in [0.1, 0.15) is 5.78 Å². The molecule has 0 N–H and O–H groups in total. The lowest BCUT2D eigenvalue weighted by Gasteiger charge is -2.02. The number of hydrogen-bond acceptors (Lipinski definition) is 1. The van der Waals surface area contributed by atoms with Crippen LogP contribution in [0.4, 0.5) is 0 Å². The molecule has 0 aromatic heterocycles. The van der Waals surface area contributed by atoms with Gasteiger partial charge in [-0.1, -0.05) is 19.8 Å². The summed E-state index contributed by atoms with van der Waals surface area (Å²) in [6, 6.07) is 0. The zero-order chi connectivity index (χ0) is 6.69. The molecule has 0 saturated heterocycles. The van der Waals surface area contributed by atoms with E-state index in [-0.39, 0.29) is 0 Å². The van der Waals surface area contributed by atoms with Crippen LogP contribution in [0.5, 0.6) is 0 Å². The first-order valence-electron chi connectivity index (χ1n) is 3.83. The number of carbonyl (C=O) groups excluding carboxylic acids is 1. The van der Waals surface area contributed by atoms with Crippen molar-refractivity contribution < 1.29 is 4.79 Å². The zero-order valence-electron chi connectivity index (χ0n) is 6.02.